The second kappa shape index (κ2) is 8.14. The van der Waals surface area contributed by atoms with Crippen molar-refractivity contribution in [1.82, 2.24) is 9.97 Å². The van der Waals surface area contributed by atoms with E-state index in [1.54, 1.807) is 23.4 Å². The summed E-state index contributed by atoms with van der Waals surface area (Å²) in [6.07, 6.45) is 5.77. The van der Waals surface area contributed by atoms with E-state index in [9.17, 15) is 9.59 Å². The Bertz CT molecular complexity index is 1520. The molecule has 0 aliphatic carbocycles. The molecule has 0 saturated carbocycles. The van der Waals surface area contributed by atoms with Crippen LogP contribution in [-0.2, 0) is 15.2 Å². The number of ether oxygens (including phenoxy) is 2. The van der Waals surface area contributed by atoms with E-state index in [1.807, 2.05) is 26.0 Å². The number of rotatable bonds is 3. The monoisotopic (exact) mass is 515 g/mol. The van der Waals surface area contributed by atoms with Crippen LogP contribution in [0.3, 0.4) is 0 Å². The van der Waals surface area contributed by atoms with Crippen molar-refractivity contribution in [2.45, 2.75) is 51.2 Å². The van der Waals surface area contributed by atoms with Crippen LogP contribution in [0.15, 0.2) is 36.7 Å². The third-order valence-corrected chi connectivity index (χ3v) is 7.72. The average Bonchev–Trinajstić information content (AvgIpc) is 3.49. The summed E-state index contributed by atoms with van der Waals surface area (Å²) in [7, 11) is 0. The van der Waals surface area contributed by atoms with E-state index >= 15 is 4.39 Å². The van der Waals surface area contributed by atoms with Gasteiger partial charge < -0.3 is 24.6 Å². The Morgan fingerprint density at radius 2 is 1.89 bits per heavy atom. The molecule has 1 atom stereocenters. The highest BCUT2D eigenvalue weighted by molar-refractivity contribution is 5.98. The molecule has 3 aromatic rings. The maximum Gasteiger partial charge on any atom is 0.238 e. The van der Waals surface area contributed by atoms with E-state index in [4.69, 9.17) is 9.47 Å². The molecule has 9 nitrogen and oxygen atoms in total. The Hall–Kier alpha value is -4.21. The first kappa shape index (κ1) is 22.9. The lowest BCUT2D eigenvalue weighted by atomic mass is 9.87. The molecule has 0 radical (unpaired) electrons. The first-order valence-corrected chi connectivity index (χ1v) is 12.8. The number of aromatic nitrogens is 2. The summed E-state index contributed by atoms with van der Waals surface area (Å²) in [5, 5.41) is 3.28. The van der Waals surface area contributed by atoms with Crippen LogP contribution < -0.4 is 24.6 Å². The van der Waals surface area contributed by atoms with Crippen molar-refractivity contribution in [2.75, 3.05) is 28.3 Å². The molecule has 38 heavy (non-hydrogen) atoms. The maximum absolute atomic E-state index is 15.2. The molecule has 1 aromatic carbocycles. The van der Waals surface area contributed by atoms with Crippen molar-refractivity contribution < 1.29 is 23.5 Å². The van der Waals surface area contributed by atoms with Gasteiger partial charge in [-0.05, 0) is 44.9 Å². The number of hydrogen-bond acceptors (Lipinski definition) is 7. The first-order chi connectivity index (χ1) is 18.3. The minimum absolute atomic E-state index is 0.0384. The van der Waals surface area contributed by atoms with Crippen molar-refractivity contribution in [3.05, 3.63) is 48.0 Å². The van der Waals surface area contributed by atoms with Gasteiger partial charge in [-0.2, -0.15) is 0 Å². The fourth-order valence-corrected chi connectivity index (χ4v) is 5.86. The molecular weight excluding hydrogens is 489 g/mol. The predicted molar refractivity (Wildman–Crippen MR) is 138 cm³/mol. The number of pyridine rings is 2. The van der Waals surface area contributed by atoms with Crippen LogP contribution in [0.1, 0.15) is 45.1 Å². The van der Waals surface area contributed by atoms with E-state index < -0.39 is 11.4 Å². The molecule has 0 spiro atoms. The molecule has 1 N–H and O–H groups in total. The highest BCUT2D eigenvalue weighted by Gasteiger charge is 2.39. The van der Waals surface area contributed by atoms with Crippen LogP contribution in [0, 0.1) is 5.82 Å². The summed E-state index contributed by atoms with van der Waals surface area (Å²) in [5.41, 5.74) is 3.05. The maximum atomic E-state index is 15.2. The van der Waals surface area contributed by atoms with Gasteiger partial charge in [-0.15, -0.1) is 0 Å². The summed E-state index contributed by atoms with van der Waals surface area (Å²) < 4.78 is 27.3. The third-order valence-electron chi connectivity index (χ3n) is 7.72. The summed E-state index contributed by atoms with van der Waals surface area (Å²) in [6, 6.07) is 6.82. The number of fused-ring (bicyclic) bond motifs is 6. The Kier molecular flexibility index (Phi) is 4.92. The minimum atomic E-state index is -0.733. The van der Waals surface area contributed by atoms with Crippen LogP contribution in [0.2, 0.25) is 0 Å². The molecule has 10 heteroatoms. The predicted octanol–water partition coefficient (Wildman–Crippen LogP) is 4.67. The fourth-order valence-electron chi connectivity index (χ4n) is 5.86. The number of nitrogens with zero attached hydrogens (tertiary/aromatic N) is 4. The van der Waals surface area contributed by atoms with Gasteiger partial charge >= 0.3 is 0 Å². The number of hydrogen-bond donors (Lipinski definition) is 1. The lowest BCUT2D eigenvalue weighted by Crippen LogP contribution is -2.40. The minimum Gasteiger partial charge on any atom is -0.482 e. The zero-order valence-corrected chi connectivity index (χ0v) is 21.1. The molecule has 194 valence electrons. The number of carbonyl (C=O) groups excluding carboxylic acids is 2. The van der Waals surface area contributed by atoms with Gasteiger partial charge in [0.25, 0.3) is 0 Å². The van der Waals surface area contributed by atoms with Gasteiger partial charge in [-0.25, -0.2) is 14.4 Å². The summed E-state index contributed by atoms with van der Waals surface area (Å²) in [4.78, 5) is 37.0. The Morgan fingerprint density at radius 1 is 1.03 bits per heavy atom. The topological polar surface area (TPSA) is 96.9 Å². The molecule has 2 fully saturated rings. The fraction of sp³-hybridized carbons (Fsp3) is 0.357. The molecule has 2 amide bonds. The lowest BCUT2D eigenvalue weighted by Gasteiger charge is -2.35. The van der Waals surface area contributed by atoms with Gasteiger partial charge in [0.1, 0.15) is 35.3 Å². The number of benzene rings is 1. The second-order valence-corrected chi connectivity index (χ2v) is 10.6. The van der Waals surface area contributed by atoms with E-state index in [1.165, 1.54) is 11.0 Å². The van der Waals surface area contributed by atoms with Crippen LogP contribution >= 0.6 is 0 Å². The van der Waals surface area contributed by atoms with Gasteiger partial charge in [0.15, 0.2) is 0 Å². The van der Waals surface area contributed by atoms with E-state index in [0.717, 1.165) is 17.5 Å². The molecule has 6 heterocycles. The van der Waals surface area contributed by atoms with E-state index in [-0.39, 0.29) is 23.5 Å². The van der Waals surface area contributed by atoms with Crippen LogP contribution in [0.4, 0.5) is 27.3 Å². The number of nitrogens with one attached hydrogen (secondary N) is 1. The third kappa shape index (κ3) is 3.50. The standard InChI is InChI=1S/C28H26FN5O4/c1-28(2)19-10-24(32-15-8-22-27(31-12-15)37-14-16-5-6-26(36)34(16)22)30-13-18(19)17-9-20(29)21(11-23(17)38-28)33-7-3-4-25(33)35/h8-13,16H,3-7,14H2,1-2H3,(H,30,32). The molecule has 4 aliphatic heterocycles. The van der Waals surface area contributed by atoms with E-state index in [2.05, 4.69) is 15.3 Å². The molecule has 1 unspecified atom stereocenters. The Morgan fingerprint density at radius 3 is 2.71 bits per heavy atom. The molecule has 2 aromatic heterocycles. The number of carbonyl (C=O) groups is 2. The van der Waals surface area contributed by atoms with Crippen molar-refractivity contribution in [3.8, 4) is 22.8 Å². The van der Waals surface area contributed by atoms with Crippen LogP contribution in [-0.4, -0.2) is 41.0 Å². The van der Waals surface area contributed by atoms with Gasteiger partial charge in [0, 0.05) is 48.3 Å². The lowest BCUT2D eigenvalue weighted by molar-refractivity contribution is -0.118. The Labute approximate surface area is 218 Å². The van der Waals surface area contributed by atoms with Crippen LogP contribution in [0.5, 0.6) is 11.6 Å². The summed E-state index contributed by atoms with van der Waals surface area (Å²) in [5.74, 6) is 1.06. The summed E-state index contributed by atoms with van der Waals surface area (Å²) in [6.45, 7) is 4.85. The number of anilines is 4. The van der Waals surface area contributed by atoms with Crippen molar-refractivity contribution in [2.24, 2.45) is 0 Å². The normalized spacial score (nSPS) is 20.8. The number of halogens is 1. The van der Waals surface area contributed by atoms with Crippen LogP contribution in [0.25, 0.3) is 11.1 Å². The van der Waals surface area contributed by atoms with Gasteiger partial charge in [0.05, 0.1) is 23.6 Å². The van der Waals surface area contributed by atoms with Crippen molar-refractivity contribution in [1.29, 1.82) is 0 Å². The molecular formula is C28H26FN5O4. The van der Waals surface area contributed by atoms with Crippen molar-refractivity contribution in [3.63, 3.8) is 0 Å². The second-order valence-electron chi connectivity index (χ2n) is 10.6. The van der Waals surface area contributed by atoms with Gasteiger partial charge in [0.2, 0.25) is 17.7 Å². The first-order valence-electron chi connectivity index (χ1n) is 12.8. The average molecular weight is 516 g/mol. The quantitative estimate of drug-likeness (QED) is 0.542. The molecule has 0 bridgehead atoms. The van der Waals surface area contributed by atoms with Gasteiger partial charge in [-0.1, -0.05) is 0 Å². The highest BCUT2D eigenvalue weighted by Crippen LogP contribution is 2.48. The van der Waals surface area contributed by atoms with Gasteiger partial charge in [-0.3, -0.25) is 9.59 Å². The molecule has 2 saturated heterocycles. The molecule has 7 rings (SSSR count). The smallest absolute Gasteiger partial charge is 0.238 e. The van der Waals surface area contributed by atoms with Crippen molar-refractivity contribution >= 4 is 34.7 Å². The molecule has 4 aliphatic rings. The summed E-state index contributed by atoms with van der Waals surface area (Å²) >= 11 is 0. The van der Waals surface area contributed by atoms with E-state index in [0.29, 0.717) is 66.8 Å². The highest BCUT2D eigenvalue weighted by atomic mass is 19.1. The zero-order chi connectivity index (χ0) is 26.2. The largest absolute Gasteiger partial charge is 0.482 e. The Balaban J connectivity index is 1.23. The number of amides is 2. The SMILES string of the molecule is CC1(C)Oc2cc(N3CCCC3=O)c(F)cc2-c2cnc(Nc3cnc4c(c3)N3C(=O)CCC3CO4)cc21. The zero-order valence-electron chi connectivity index (χ0n) is 21.1.